The summed E-state index contributed by atoms with van der Waals surface area (Å²) < 4.78 is 0. The van der Waals surface area contributed by atoms with Crippen LogP contribution in [0, 0.1) is 5.92 Å². The molecule has 1 heterocycles. The molecule has 1 aromatic carbocycles. The first-order valence-corrected chi connectivity index (χ1v) is 8.54. The summed E-state index contributed by atoms with van der Waals surface area (Å²) in [7, 11) is 0. The Kier molecular flexibility index (Phi) is 5.11. The van der Waals surface area contributed by atoms with Crippen molar-refractivity contribution in [2.75, 3.05) is 13.1 Å². The van der Waals surface area contributed by atoms with Gasteiger partial charge in [0.05, 0.1) is 0 Å². The molecule has 4 nitrogen and oxygen atoms in total. The van der Waals surface area contributed by atoms with Gasteiger partial charge in [0, 0.05) is 30.6 Å². The lowest BCUT2D eigenvalue weighted by Gasteiger charge is -2.37. The molecular weight excluding hydrogens is 288 g/mol. The summed E-state index contributed by atoms with van der Waals surface area (Å²) in [6.45, 7) is 1.36. The fourth-order valence-corrected chi connectivity index (χ4v) is 3.46. The Morgan fingerprint density at radius 2 is 1.83 bits per heavy atom. The molecule has 1 fully saturated rings. The maximum Gasteiger partial charge on any atom is 0.251 e. The number of amides is 2. The molecule has 0 aromatic heterocycles. The monoisotopic (exact) mass is 312 g/mol. The highest BCUT2D eigenvalue weighted by Gasteiger charge is 2.31. The van der Waals surface area contributed by atoms with Crippen LogP contribution in [0.25, 0.3) is 0 Å². The van der Waals surface area contributed by atoms with Gasteiger partial charge in [-0.1, -0.05) is 30.4 Å². The summed E-state index contributed by atoms with van der Waals surface area (Å²) in [5, 5.41) is 3.00. The summed E-state index contributed by atoms with van der Waals surface area (Å²) >= 11 is 0. The number of hydrogen-bond donors (Lipinski definition) is 1. The van der Waals surface area contributed by atoms with Crippen LogP contribution in [-0.4, -0.2) is 35.8 Å². The van der Waals surface area contributed by atoms with Crippen molar-refractivity contribution in [3.8, 4) is 0 Å². The third-order valence-corrected chi connectivity index (χ3v) is 4.80. The van der Waals surface area contributed by atoms with Gasteiger partial charge >= 0.3 is 0 Å². The Morgan fingerprint density at radius 3 is 2.57 bits per heavy atom. The van der Waals surface area contributed by atoms with Gasteiger partial charge in [-0.05, 0) is 44.2 Å². The lowest BCUT2D eigenvalue weighted by atomic mass is 9.97. The lowest BCUT2D eigenvalue weighted by molar-refractivity contribution is -0.138. The van der Waals surface area contributed by atoms with E-state index in [2.05, 4.69) is 17.5 Å². The Labute approximate surface area is 137 Å². The summed E-state index contributed by atoms with van der Waals surface area (Å²) in [4.78, 5) is 26.9. The van der Waals surface area contributed by atoms with E-state index in [0.717, 1.165) is 38.6 Å². The van der Waals surface area contributed by atoms with Crippen molar-refractivity contribution in [1.29, 1.82) is 0 Å². The Balaban J connectivity index is 1.58. The van der Waals surface area contributed by atoms with Gasteiger partial charge in [-0.3, -0.25) is 9.59 Å². The smallest absolute Gasteiger partial charge is 0.251 e. The lowest BCUT2D eigenvalue weighted by Crippen LogP contribution is -2.51. The van der Waals surface area contributed by atoms with Gasteiger partial charge in [0.2, 0.25) is 5.91 Å². The van der Waals surface area contributed by atoms with Gasteiger partial charge in [0.15, 0.2) is 0 Å². The van der Waals surface area contributed by atoms with E-state index in [1.165, 1.54) is 0 Å². The van der Waals surface area contributed by atoms with Gasteiger partial charge in [-0.25, -0.2) is 0 Å². The number of carbonyl (C=O) groups excluding carboxylic acids is 2. The number of nitrogens with one attached hydrogen (secondary N) is 1. The molecule has 1 saturated heterocycles. The van der Waals surface area contributed by atoms with Crippen molar-refractivity contribution in [2.45, 2.75) is 38.1 Å². The van der Waals surface area contributed by atoms with Gasteiger partial charge in [0.1, 0.15) is 0 Å². The zero-order valence-corrected chi connectivity index (χ0v) is 13.4. The number of benzene rings is 1. The second kappa shape index (κ2) is 7.44. The zero-order valence-electron chi connectivity index (χ0n) is 13.4. The van der Waals surface area contributed by atoms with Crippen molar-refractivity contribution in [3.63, 3.8) is 0 Å². The zero-order chi connectivity index (χ0) is 16.1. The van der Waals surface area contributed by atoms with Crippen molar-refractivity contribution >= 4 is 11.8 Å². The molecule has 122 valence electrons. The molecule has 1 atom stereocenters. The molecule has 1 aliphatic heterocycles. The molecule has 2 amide bonds. The number of likely N-dealkylation sites (tertiary alicyclic amines) is 1. The van der Waals surface area contributed by atoms with Crippen LogP contribution in [-0.2, 0) is 4.79 Å². The van der Waals surface area contributed by atoms with Crippen LogP contribution in [0.3, 0.4) is 0 Å². The SMILES string of the molecule is O=C(NC[C@@H]1CCCCN1C(=O)C1CC=CC1)c1ccccc1. The molecule has 23 heavy (non-hydrogen) atoms. The van der Waals surface area contributed by atoms with Gasteiger partial charge in [-0.15, -0.1) is 0 Å². The minimum Gasteiger partial charge on any atom is -0.350 e. The molecule has 0 saturated carbocycles. The van der Waals surface area contributed by atoms with Crippen molar-refractivity contribution < 1.29 is 9.59 Å². The minimum absolute atomic E-state index is 0.0638. The first kappa shape index (κ1) is 15.8. The Bertz CT molecular complexity index is 574. The summed E-state index contributed by atoms with van der Waals surface area (Å²) in [6.07, 6.45) is 9.07. The van der Waals surface area contributed by atoms with E-state index in [1.807, 2.05) is 35.2 Å². The van der Waals surface area contributed by atoms with Gasteiger partial charge in [-0.2, -0.15) is 0 Å². The topological polar surface area (TPSA) is 49.4 Å². The van der Waals surface area contributed by atoms with Crippen LogP contribution in [0.4, 0.5) is 0 Å². The predicted molar refractivity (Wildman–Crippen MR) is 90.0 cm³/mol. The van der Waals surface area contributed by atoms with Crippen LogP contribution >= 0.6 is 0 Å². The average Bonchev–Trinajstić information content (AvgIpc) is 3.15. The molecule has 4 heteroatoms. The number of hydrogen-bond acceptors (Lipinski definition) is 2. The quantitative estimate of drug-likeness (QED) is 0.869. The van der Waals surface area contributed by atoms with Crippen LogP contribution in [0.5, 0.6) is 0 Å². The summed E-state index contributed by atoms with van der Waals surface area (Å²) in [5.41, 5.74) is 0.668. The van der Waals surface area contributed by atoms with E-state index in [0.29, 0.717) is 12.1 Å². The largest absolute Gasteiger partial charge is 0.350 e. The fraction of sp³-hybridized carbons (Fsp3) is 0.474. The van der Waals surface area contributed by atoms with E-state index >= 15 is 0 Å². The van der Waals surface area contributed by atoms with E-state index < -0.39 is 0 Å². The molecule has 0 spiro atoms. The maximum absolute atomic E-state index is 12.7. The minimum atomic E-state index is -0.0638. The van der Waals surface area contributed by atoms with Gasteiger partial charge < -0.3 is 10.2 Å². The molecule has 1 aromatic rings. The average molecular weight is 312 g/mol. The van der Waals surface area contributed by atoms with Crippen LogP contribution in [0.1, 0.15) is 42.5 Å². The van der Waals surface area contributed by atoms with E-state index in [1.54, 1.807) is 0 Å². The standard InChI is InChI=1S/C19H24N2O2/c22-18(15-8-2-1-3-9-15)20-14-17-12-6-7-13-21(17)19(23)16-10-4-5-11-16/h1-5,8-9,16-17H,6-7,10-14H2,(H,20,22)/t17-/m0/s1. The highest BCUT2D eigenvalue weighted by Crippen LogP contribution is 2.25. The number of nitrogens with zero attached hydrogens (tertiary/aromatic N) is 1. The number of piperidine rings is 1. The second-order valence-corrected chi connectivity index (χ2v) is 6.40. The molecular formula is C19H24N2O2. The van der Waals surface area contributed by atoms with Gasteiger partial charge in [0.25, 0.3) is 5.91 Å². The van der Waals surface area contributed by atoms with Crippen molar-refractivity contribution in [3.05, 3.63) is 48.0 Å². The van der Waals surface area contributed by atoms with E-state index in [-0.39, 0.29) is 23.8 Å². The molecule has 0 unspecified atom stereocenters. The molecule has 3 rings (SSSR count). The van der Waals surface area contributed by atoms with Crippen molar-refractivity contribution in [2.24, 2.45) is 5.92 Å². The highest BCUT2D eigenvalue weighted by molar-refractivity contribution is 5.94. The molecule has 1 aliphatic carbocycles. The number of allylic oxidation sites excluding steroid dienone is 2. The Hall–Kier alpha value is -2.10. The molecule has 0 bridgehead atoms. The molecule has 2 aliphatic rings. The highest BCUT2D eigenvalue weighted by atomic mass is 16.2. The maximum atomic E-state index is 12.7. The number of carbonyl (C=O) groups is 2. The van der Waals surface area contributed by atoms with Crippen molar-refractivity contribution in [1.82, 2.24) is 10.2 Å². The third kappa shape index (κ3) is 3.81. The predicted octanol–water partition coefficient (Wildman–Crippen LogP) is 2.76. The second-order valence-electron chi connectivity index (χ2n) is 6.40. The van der Waals surface area contributed by atoms with Crippen LogP contribution < -0.4 is 5.32 Å². The first-order valence-electron chi connectivity index (χ1n) is 8.54. The third-order valence-electron chi connectivity index (χ3n) is 4.80. The summed E-state index contributed by atoms with van der Waals surface area (Å²) in [6, 6.07) is 9.36. The number of rotatable bonds is 4. The van der Waals surface area contributed by atoms with Crippen LogP contribution in [0.2, 0.25) is 0 Å². The fourth-order valence-electron chi connectivity index (χ4n) is 3.46. The first-order chi connectivity index (χ1) is 11.3. The van der Waals surface area contributed by atoms with Crippen LogP contribution in [0.15, 0.2) is 42.5 Å². The molecule has 1 N–H and O–H groups in total. The molecule has 0 radical (unpaired) electrons. The normalized spacial score (nSPS) is 21.4. The Morgan fingerprint density at radius 1 is 1.09 bits per heavy atom. The van der Waals surface area contributed by atoms with E-state index in [4.69, 9.17) is 0 Å². The van der Waals surface area contributed by atoms with E-state index in [9.17, 15) is 9.59 Å². The summed E-state index contributed by atoms with van der Waals surface area (Å²) in [5.74, 6) is 0.306.